The molecule has 21 heavy (non-hydrogen) atoms. The van der Waals surface area contributed by atoms with Gasteiger partial charge in [0.05, 0.1) is 11.3 Å². The Labute approximate surface area is 123 Å². The van der Waals surface area contributed by atoms with Crippen LogP contribution in [0.1, 0.15) is 31.7 Å². The zero-order valence-electron chi connectivity index (χ0n) is 12.1. The van der Waals surface area contributed by atoms with Crippen LogP contribution in [0.4, 0.5) is 5.69 Å². The highest BCUT2D eigenvalue weighted by molar-refractivity contribution is 5.92. The van der Waals surface area contributed by atoms with Crippen LogP contribution >= 0.6 is 0 Å². The average Bonchev–Trinajstić information content (AvgIpc) is 3.16. The number of carboxylic acids is 1. The summed E-state index contributed by atoms with van der Waals surface area (Å²) < 4.78 is 0. The van der Waals surface area contributed by atoms with Crippen molar-refractivity contribution < 1.29 is 14.7 Å². The van der Waals surface area contributed by atoms with E-state index in [0.29, 0.717) is 18.7 Å². The first-order valence-corrected chi connectivity index (χ1v) is 7.35. The lowest BCUT2D eigenvalue weighted by Crippen LogP contribution is -2.43. The molecule has 112 valence electrons. The van der Waals surface area contributed by atoms with Gasteiger partial charge in [0.15, 0.2) is 0 Å². The van der Waals surface area contributed by atoms with E-state index in [2.05, 4.69) is 0 Å². The first kappa shape index (κ1) is 13.9. The van der Waals surface area contributed by atoms with Crippen LogP contribution in [0.25, 0.3) is 0 Å². The van der Waals surface area contributed by atoms with E-state index < -0.39 is 17.3 Å². The number of nitrogens with two attached hydrogens (primary N) is 1. The largest absolute Gasteiger partial charge is 0.481 e. The summed E-state index contributed by atoms with van der Waals surface area (Å²) >= 11 is 0. The fourth-order valence-electron chi connectivity index (χ4n) is 3.38. The molecule has 2 atom stereocenters. The zero-order chi connectivity index (χ0) is 15.2. The first-order chi connectivity index (χ1) is 9.95. The Morgan fingerprint density at radius 3 is 2.38 bits per heavy atom. The molecule has 0 spiro atoms. The van der Waals surface area contributed by atoms with Crippen molar-refractivity contribution in [1.82, 2.24) is 4.90 Å². The number of aliphatic carboxylic acids is 1. The van der Waals surface area contributed by atoms with Crippen LogP contribution in [-0.2, 0) is 15.0 Å². The highest BCUT2D eigenvalue weighted by Gasteiger charge is 2.55. The molecule has 2 unspecified atom stereocenters. The van der Waals surface area contributed by atoms with Gasteiger partial charge in [-0.3, -0.25) is 9.59 Å². The van der Waals surface area contributed by atoms with Crippen LogP contribution in [0, 0.1) is 5.92 Å². The van der Waals surface area contributed by atoms with Gasteiger partial charge in [0.25, 0.3) is 0 Å². The number of likely N-dealkylation sites (tertiary alicyclic amines) is 1. The maximum atomic E-state index is 12.9. The molecule has 3 N–H and O–H groups in total. The molecule has 1 aliphatic heterocycles. The van der Waals surface area contributed by atoms with E-state index in [4.69, 9.17) is 5.73 Å². The second kappa shape index (κ2) is 4.76. The van der Waals surface area contributed by atoms with E-state index in [0.717, 1.165) is 18.4 Å². The molecule has 1 saturated heterocycles. The minimum absolute atomic E-state index is 0.0727. The number of benzene rings is 1. The van der Waals surface area contributed by atoms with Crippen molar-refractivity contribution in [1.29, 1.82) is 0 Å². The molecule has 1 saturated carbocycles. The number of rotatable bonds is 3. The maximum absolute atomic E-state index is 12.9. The van der Waals surface area contributed by atoms with Gasteiger partial charge in [-0.05, 0) is 43.9 Å². The number of amides is 1. The summed E-state index contributed by atoms with van der Waals surface area (Å²) in [4.78, 5) is 25.8. The van der Waals surface area contributed by atoms with E-state index in [1.807, 2.05) is 31.2 Å². The Hall–Kier alpha value is -2.04. The molecule has 0 bridgehead atoms. The predicted octanol–water partition coefficient (Wildman–Crippen LogP) is 1.62. The van der Waals surface area contributed by atoms with Gasteiger partial charge in [0.1, 0.15) is 0 Å². The van der Waals surface area contributed by atoms with Gasteiger partial charge in [0.2, 0.25) is 5.91 Å². The Balaban J connectivity index is 1.82. The topological polar surface area (TPSA) is 83.6 Å². The maximum Gasteiger partial charge on any atom is 0.308 e. The molecule has 2 aliphatic rings. The summed E-state index contributed by atoms with van der Waals surface area (Å²) in [5, 5.41) is 9.20. The monoisotopic (exact) mass is 288 g/mol. The van der Waals surface area contributed by atoms with E-state index in [9.17, 15) is 14.7 Å². The second-order valence-electron chi connectivity index (χ2n) is 6.18. The van der Waals surface area contributed by atoms with Gasteiger partial charge in [0, 0.05) is 18.3 Å². The third-order valence-corrected chi connectivity index (χ3v) is 4.96. The number of carboxylic acid groups (broad SMARTS) is 1. The third-order valence-electron chi connectivity index (χ3n) is 4.96. The molecule has 3 rings (SSSR count). The number of hydrogen-bond acceptors (Lipinski definition) is 3. The fourth-order valence-corrected chi connectivity index (χ4v) is 3.38. The van der Waals surface area contributed by atoms with Crippen molar-refractivity contribution in [3.63, 3.8) is 0 Å². The van der Waals surface area contributed by atoms with Crippen molar-refractivity contribution >= 4 is 17.6 Å². The lowest BCUT2D eigenvalue weighted by molar-refractivity contribution is -0.143. The number of carbonyl (C=O) groups is 2. The molecule has 0 radical (unpaired) electrons. The van der Waals surface area contributed by atoms with Crippen molar-refractivity contribution in [2.45, 2.75) is 37.6 Å². The molecule has 5 heteroatoms. The van der Waals surface area contributed by atoms with Crippen molar-refractivity contribution in [3.8, 4) is 0 Å². The van der Waals surface area contributed by atoms with Crippen LogP contribution in [0.5, 0.6) is 0 Å². The number of nitrogens with zero attached hydrogens (tertiary/aromatic N) is 1. The molecule has 1 aliphatic carbocycles. The summed E-state index contributed by atoms with van der Waals surface area (Å²) in [5.74, 6) is -1.19. The van der Waals surface area contributed by atoms with Crippen LogP contribution in [0.2, 0.25) is 0 Å². The Bertz CT molecular complexity index is 578. The van der Waals surface area contributed by atoms with E-state index >= 15 is 0 Å². The van der Waals surface area contributed by atoms with Gasteiger partial charge >= 0.3 is 5.97 Å². The molecule has 5 nitrogen and oxygen atoms in total. The summed E-state index contributed by atoms with van der Waals surface area (Å²) in [5.41, 5.74) is 6.93. The van der Waals surface area contributed by atoms with Crippen LogP contribution < -0.4 is 5.73 Å². The Kier molecular flexibility index (Phi) is 3.15. The number of hydrogen-bond donors (Lipinski definition) is 2. The average molecular weight is 288 g/mol. The van der Waals surface area contributed by atoms with Gasteiger partial charge < -0.3 is 15.7 Å². The van der Waals surface area contributed by atoms with E-state index in [-0.39, 0.29) is 11.9 Å². The van der Waals surface area contributed by atoms with Crippen molar-refractivity contribution in [3.05, 3.63) is 29.8 Å². The Morgan fingerprint density at radius 1 is 1.29 bits per heavy atom. The Morgan fingerprint density at radius 2 is 1.90 bits per heavy atom. The number of nitrogen functional groups attached to an aromatic ring is 1. The summed E-state index contributed by atoms with van der Waals surface area (Å²) in [7, 11) is 0. The predicted molar refractivity (Wildman–Crippen MR) is 78.7 cm³/mol. The van der Waals surface area contributed by atoms with E-state index in [1.165, 1.54) is 0 Å². The summed E-state index contributed by atoms with van der Waals surface area (Å²) in [6.45, 7) is 2.37. The molecule has 1 aromatic rings. The van der Waals surface area contributed by atoms with Gasteiger partial charge in [-0.15, -0.1) is 0 Å². The van der Waals surface area contributed by atoms with Crippen LogP contribution in [0.15, 0.2) is 24.3 Å². The first-order valence-electron chi connectivity index (χ1n) is 7.35. The number of carbonyl (C=O) groups excluding carboxylic acids is 1. The lowest BCUT2D eigenvalue weighted by atomic mass is 9.93. The third kappa shape index (κ3) is 2.17. The quantitative estimate of drug-likeness (QED) is 0.828. The summed E-state index contributed by atoms with van der Waals surface area (Å²) in [6, 6.07) is 7.22. The van der Waals surface area contributed by atoms with Crippen molar-refractivity contribution in [2.75, 3.05) is 12.3 Å². The highest BCUT2D eigenvalue weighted by atomic mass is 16.4. The second-order valence-corrected chi connectivity index (χ2v) is 6.18. The molecule has 2 fully saturated rings. The van der Waals surface area contributed by atoms with Crippen LogP contribution in [-0.4, -0.2) is 34.5 Å². The van der Waals surface area contributed by atoms with Crippen LogP contribution in [0.3, 0.4) is 0 Å². The molecular weight excluding hydrogens is 268 g/mol. The normalized spacial score (nSPS) is 26.6. The number of anilines is 1. The molecule has 0 aromatic heterocycles. The fraction of sp³-hybridized carbons (Fsp3) is 0.500. The summed E-state index contributed by atoms with van der Waals surface area (Å²) in [6.07, 6.45) is 2.20. The zero-order valence-corrected chi connectivity index (χ0v) is 12.1. The molecule has 1 heterocycles. The smallest absolute Gasteiger partial charge is 0.308 e. The SMILES string of the molecule is CC1C(C(=O)O)CCN1C(=O)C1(c2ccc(N)cc2)CC1. The molecular formula is C16H20N2O3. The lowest BCUT2D eigenvalue weighted by Gasteiger charge is -2.28. The van der Waals surface area contributed by atoms with Gasteiger partial charge in [-0.2, -0.15) is 0 Å². The van der Waals surface area contributed by atoms with E-state index in [1.54, 1.807) is 4.90 Å². The van der Waals surface area contributed by atoms with Gasteiger partial charge in [-0.25, -0.2) is 0 Å². The molecule has 1 amide bonds. The highest BCUT2D eigenvalue weighted by Crippen LogP contribution is 2.50. The minimum atomic E-state index is -0.810. The standard InChI is InChI=1S/C16H20N2O3/c1-10-13(14(19)20)6-9-18(10)15(21)16(7-8-16)11-2-4-12(17)5-3-11/h2-5,10,13H,6-9,17H2,1H3,(H,19,20). The van der Waals surface area contributed by atoms with Gasteiger partial charge in [-0.1, -0.05) is 12.1 Å². The minimum Gasteiger partial charge on any atom is -0.481 e. The van der Waals surface area contributed by atoms with Crippen molar-refractivity contribution in [2.24, 2.45) is 5.92 Å². The molecule has 1 aromatic carbocycles.